The van der Waals surface area contributed by atoms with E-state index in [-0.39, 0.29) is 16.7 Å². The third-order valence-electron chi connectivity index (χ3n) is 5.59. The van der Waals surface area contributed by atoms with E-state index in [0.29, 0.717) is 38.3 Å². The van der Waals surface area contributed by atoms with Gasteiger partial charge in [0.1, 0.15) is 5.75 Å². The lowest BCUT2D eigenvalue weighted by atomic mass is 9.96. The minimum absolute atomic E-state index is 0.0304. The molecule has 3 rings (SSSR count). The van der Waals surface area contributed by atoms with Gasteiger partial charge in [-0.05, 0) is 68.5 Å². The van der Waals surface area contributed by atoms with Gasteiger partial charge in [-0.25, -0.2) is 8.42 Å². The Bertz CT molecular complexity index is 979. The number of ether oxygens (including phenoxy) is 1. The Morgan fingerprint density at radius 2 is 1.77 bits per heavy atom. The number of anilines is 1. The summed E-state index contributed by atoms with van der Waals surface area (Å²) >= 11 is 0. The number of benzene rings is 2. The maximum Gasteiger partial charge on any atom is 0.243 e. The van der Waals surface area contributed by atoms with Gasteiger partial charge in [0.15, 0.2) is 0 Å². The van der Waals surface area contributed by atoms with Gasteiger partial charge in [-0.2, -0.15) is 4.31 Å². The molecule has 1 aliphatic heterocycles. The summed E-state index contributed by atoms with van der Waals surface area (Å²) in [7, 11) is -3.57. The van der Waals surface area contributed by atoms with Gasteiger partial charge in [-0.1, -0.05) is 25.1 Å². The molecule has 0 saturated carbocycles. The lowest BCUT2D eigenvalue weighted by Crippen LogP contribution is -2.41. The summed E-state index contributed by atoms with van der Waals surface area (Å²) in [5.41, 5.74) is 3.03. The van der Waals surface area contributed by atoms with E-state index < -0.39 is 10.0 Å². The third-order valence-corrected chi connectivity index (χ3v) is 7.50. The third kappa shape index (κ3) is 4.84. The van der Waals surface area contributed by atoms with E-state index in [1.165, 1.54) is 4.31 Å². The van der Waals surface area contributed by atoms with Crippen LogP contribution in [0.15, 0.2) is 47.4 Å². The van der Waals surface area contributed by atoms with Crippen molar-refractivity contribution in [2.75, 3.05) is 25.0 Å². The number of piperidine rings is 1. The SMILES string of the molecule is CCOc1ccc(S(=O)(=O)N2CCC(C(=O)Nc3c(C)cccc3CC)CC2)cc1. The summed E-state index contributed by atoms with van der Waals surface area (Å²) < 4.78 is 32.7. The molecule has 1 heterocycles. The predicted octanol–water partition coefficient (Wildman–Crippen LogP) is 4.00. The summed E-state index contributed by atoms with van der Waals surface area (Å²) in [6.45, 7) is 7.14. The first kappa shape index (κ1) is 22.3. The summed E-state index contributed by atoms with van der Waals surface area (Å²) in [4.78, 5) is 13.1. The van der Waals surface area contributed by atoms with E-state index in [4.69, 9.17) is 4.74 Å². The van der Waals surface area contributed by atoms with Gasteiger partial charge < -0.3 is 10.1 Å². The molecular weight excluding hydrogens is 400 g/mol. The maximum absolute atomic E-state index is 12.9. The first-order chi connectivity index (χ1) is 14.4. The minimum Gasteiger partial charge on any atom is -0.494 e. The topological polar surface area (TPSA) is 75.7 Å². The quantitative estimate of drug-likeness (QED) is 0.721. The monoisotopic (exact) mass is 430 g/mol. The average Bonchev–Trinajstić information content (AvgIpc) is 2.76. The van der Waals surface area contributed by atoms with Crippen LogP contribution < -0.4 is 10.1 Å². The standard InChI is InChI=1S/C23H30N2O4S/c1-4-18-8-6-7-17(3)22(18)24-23(26)19-13-15-25(16-14-19)30(27,28)21-11-9-20(10-12-21)29-5-2/h6-12,19H,4-5,13-16H2,1-3H3,(H,24,26). The Morgan fingerprint density at radius 1 is 1.10 bits per heavy atom. The second-order valence-corrected chi connectivity index (χ2v) is 9.47. The fraction of sp³-hybridized carbons (Fsp3) is 0.435. The zero-order chi connectivity index (χ0) is 21.7. The van der Waals surface area contributed by atoms with E-state index >= 15 is 0 Å². The molecule has 1 fully saturated rings. The van der Waals surface area contributed by atoms with Crippen molar-refractivity contribution in [1.29, 1.82) is 0 Å². The molecule has 6 nitrogen and oxygen atoms in total. The lowest BCUT2D eigenvalue weighted by Gasteiger charge is -2.31. The van der Waals surface area contributed by atoms with Crippen LogP contribution in [-0.4, -0.2) is 38.3 Å². The lowest BCUT2D eigenvalue weighted by molar-refractivity contribution is -0.120. The van der Waals surface area contributed by atoms with Crippen molar-refractivity contribution in [3.8, 4) is 5.75 Å². The van der Waals surface area contributed by atoms with Crippen LogP contribution in [0.2, 0.25) is 0 Å². The number of carbonyl (C=O) groups excluding carboxylic acids is 1. The minimum atomic E-state index is -3.57. The average molecular weight is 431 g/mol. The Labute approximate surface area is 179 Å². The highest BCUT2D eigenvalue weighted by atomic mass is 32.2. The number of para-hydroxylation sites is 1. The van der Waals surface area contributed by atoms with Gasteiger partial charge in [0.25, 0.3) is 0 Å². The van der Waals surface area contributed by atoms with Gasteiger partial charge in [0, 0.05) is 24.7 Å². The molecule has 0 aliphatic carbocycles. The van der Waals surface area contributed by atoms with Crippen molar-refractivity contribution in [3.63, 3.8) is 0 Å². The number of carbonyl (C=O) groups is 1. The van der Waals surface area contributed by atoms with Gasteiger partial charge in [-0.15, -0.1) is 0 Å². The summed E-state index contributed by atoms with van der Waals surface area (Å²) in [6.07, 6.45) is 1.86. The maximum atomic E-state index is 12.9. The van der Waals surface area contributed by atoms with Crippen LogP contribution in [0.4, 0.5) is 5.69 Å². The molecule has 0 bridgehead atoms. The number of nitrogens with one attached hydrogen (secondary N) is 1. The highest BCUT2D eigenvalue weighted by molar-refractivity contribution is 7.89. The van der Waals surface area contributed by atoms with Gasteiger partial charge in [0.05, 0.1) is 11.5 Å². The molecule has 0 spiro atoms. The van der Waals surface area contributed by atoms with Crippen LogP contribution in [0, 0.1) is 12.8 Å². The first-order valence-corrected chi connectivity index (χ1v) is 11.9. The second kappa shape index (κ2) is 9.62. The van der Waals surface area contributed by atoms with Crippen LogP contribution in [0.3, 0.4) is 0 Å². The van der Waals surface area contributed by atoms with Crippen molar-refractivity contribution in [2.45, 2.75) is 44.9 Å². The number of rotatable bonds is 7. The molecule has 0 atom stereocenters. The van der Waals surface area contributed by atoms with E-state index in [1.807, 2.05) is 32.0 Å². The van der Waals surface area contributed by atoms with Gasteiger partial charge >= 0.3 is 0 Å². The van der Waals surface area contributed by atoms with E-state index in [9.17, 15) is 13.2 Å². The van der Waals surface area contributed by atoms with Crippen molar-refractivity contribution in [2.24, 2.45) is 5.92 Å². The largest absolute Gasteiger partial charge is 0.494 e. The molecule has 1 saturated heterocycles. The number of hydrogen-bond donors (Lipinski definition) is 1. The van der Waals surface area contributed by atoms with Gasteiger partial charge in [0.2, 0.25) is 15.9 Å². The van der Waals surface area contributed by atoms with E-state index in [1.54, 1.807) is 24.3 Å². The van der Waals surface area contributed by atoms with Crippen LogP contribution in [0.25, 0.3) is 0 Å². The molecule has 1 N–H and O–H groups in total. The van der Waals surface area contributed by atoms with E-state index in [0.717, 1.165) is 23.2 Å². The zero-order valence-electron chi connectivity index (χ0n) is 17.8. The molecule has 2 aromatic rings. The van der Waals surface area contributed by atoms with Crippen LogP contribution in [-0.2, 0) is 21.2 Å². The second-order valence-electron chi connectivity index (χ2n) is 7.53. The summed E-state index contributed by atoms with van der Waals surface area (Å²) in [5, 5.41) is 3.08. The fourth-order valence-electron chi connectivity index (χ4n) is 3.81. The fourth-order valence-corrected chi connectivity index (χ4v) is 5.28. The van der Waals surface area contributed by atoms with Crippen LogP contribution in [0.1, 0.15) is 37.8 Å². The molecule has 30 heavy (non-hydrogen) atoms. The Hall–Kier alpha value is -2.38. The van der Waals surface area contributed by atoms with Gasteiger partial charge in [-0.3, -0.25) is 4.79 Å². The molecule has 0 aromatic heterocycles. The Kier molecular flexibility index (Phi) is 7.15. The molecule has 0 unspecified atom stereocenters. The highest BCUT2D eigenvalue weighted by Gasteiger charge is 2.32. The smallest absolute Gasteiger partial charge is 0.243 e. The molecule has 0 radical (unpaired) electrons. The van der Waals surface area contributed by atoms with Crippen molar-refractivity contribution in [1.82, 2.24) is 4.31 Å². The number of hydrogen-bond acceptors (Lipinski definition) is 4. The predicted molar refractivity (Wildman–Crippen MR) is 118 cm³/mol. The van der Waals surface area contributed by atoms with Crippen LogP contribution >= 0.6 is 0 Å². The summed E-state index contributed by atoms with van der Waals surface area (Å²) in [6, 6.07) is 12.5. The molecule has 1 amide bonds. The van der Waals surface area contributed by atoms with Crippen molar-refractivity contribution < 1.29 is 17.9 Å². The Morgan fingerprint density at radius 3 is 2.37 bits per heavy atom. The zero-order valence-corrected chi connectivity index (χ0v) is 18.7. The summed E-state index contributed by atoms with van der Waals surface area (Å²) in [5.74, 6) is 0.424. The number of nitrogens with zero attached hydrogens (tertiary/aromatic N) is 1. The number of aryl methyl sites for hydroxylation is 2. The molecule has 7 heteroatoms. The molecular formula is C23H30N2O4S. The number of amides is 1. The molecule has 1 aliphatic rings. The highest BCUT2D eigenvalue weighted by Crippen LogP contribution is 2.27. The Balaban J connectivity index is 1.63. The number of sulfonamides is 1. The van der Waals surface area contributed by atoms with E-state index in [2.05, 4.69) is 12.2 Å². The molecule has 2 aromatic carbocycles. The van der Waals surface area contributed by atoms with Crippen molar-refractivity contribution >= 4 is 21.6 Å². The van der Waals surface area contributed by atoms with Crippen LogP contribution in [0.5, 0.6) is 5.75 Å². The van der Waals surface area contributed by atoms with Crippen molar-refractivity contribution in [3.05, 3.63) is 53.6 Å². The molecule has 162 valence electrons. The normalized spacial score (nSPS) is 15.7. The first-order valence-electron chi connectivity index (χ1n) is 10.5.